The number of hydrogen-bond donors (Lipinski definition) is 1. The number of rotatable bonds is 4. The van der Waals surface area contributed by atoms with Crippen molar-refractivity contribution in [2.24, 2.45) is 5.92 Å². The number of nitrogens with one attached hydrogen (secondary N) is 1. The van der Waals surface area contributed by atoms with Gasteiger partial charge in [0.2, 0.25) is 0 Å². The number of carbonyl (C=O) groups is 1. The minimum atomic E-state index is -0.217. The number of aromatic amines is 1. The van der Waals surface area contributed by atoms with Crippen LogP contribution in [0.2, 0.25) is 0 Å². The Labute approximate surface area is 125 Å². The van der Waals surface area contributed by atoms with Crippen molar-refractivity contribution in [1.29, 1.82) is 0 Å². The summed E-state index contributed by atoms with van der Waals surface area (Å²) in [6.45, 7) is 6.08. The number of para-hydroxylation sites is 1. The molecule has 0 spiro atoms. The third-order valence-electron chi connectivity index (χ3n) is 4.41. The molecule has 21 heavy (non-hydrogen) atoms. The molecule has 0 amide bonds. The molecule has 2 aromatic rings. The number of benzene rings is 1. The third-order valence-corrected chi connectivity index (χ3v) is 4.41. The molecule has 0 unspecified atom stereocenters. The average molecular weight is 286 g/mol. The van der Waals surface area contributed by atoms with E-state index in [1.54, 1.807) is 6.20 Å². The van der Waals surface area contributed by atoms with Crippen molar-refractivity contribution in [3.63, 3.8) is 0 Å². The van der Waals surface area contributed by atoms with Gasteiger partial charge < -0.3 is 14.6 Å². The number of esters is 1. The van der Waals surface area contributed by atoms with Crippen LogP contribution < -0.4 is 0 Å². The van der Waals surface area contributed by atoms with Crippen LogP contribution in [0, 0.1) is 5.92 Å². The minimum Gasteiger partial charge on any atom is -0.462 e. The first kappa shape index (κ1) is 14.1. The molecule has 1 aliphatic heterocycles. The molecule has 0 atom stereocenters. The number of ether oxygens (including phenoxy) is 1. The zero-order chi connectivity index (χ0) is 14.7. The van der Waals surface area contributed by atoms with Crippen LogP contribution in [-0.2, 0) is 4.74 Å². The van der Waals surface area contributed by atoms with E-state index in [9.17, 15) is 4.79 Å². The number of nitrogens with zero attached hydrogens (tertiary/aromatic N) is 1. The molecule has 3 rings (SSSR count). The fourth-order valence-electron chi connectivity index (χ4n) is 2.98. The molecule has 4 heteroatoms. The molecule has 2 heterocycles. The fourth-order valence-corrected chi connectivity index (χ4v) is 2.98. The van der Waals surface area contributed by atoms with Gasteiger partial charge in [-0.15, -0.1) is 0 Å². The highest BCUT2D eigenvalue weighted by Crippen LogP contribution is 2.21. The highest BCUT2D eigenvalue weighted by molar-refractivity contribution is 6.03. The lowest BCUT2D eigenvalue weighted by Gasteiger charge is -2.30. The maximum absolute atomic E-state index is 12.2. The van der Waals surface area contributed by atoms with Crippen molar-refractivity contribution >= 4 is 16.9 Å². The molecule has 1 fully saturated rings. The van der Waals surface area contributed by atoms with Crippen molar-refractivity contribution in [1.82, 2.24) is 9.88 Å². The first-order chi connectivity index (χ1) is 10.3. The zero-order valence-electron chi connectivity index (χ0n) is 12.5. The summed E-state index contributed by atoms with van der Waals surface area (Å²) in [6.07, 6.45) is 3.98. The van der Waals surface area contributed by atoms with Crippen LogP contribution in [0.1, 0.15) is 30.1 Å². The second-order valence-electron chi connectivity index (χ2n) is 5.72. The Bertz CT molecular complexity index is 612. The topological polar surface area (TPSA) is 45.3 Å². The molecule has 112 valence electrons. The summed E-state index contributed by atoms with van der Waals surface area (Å²) in [5.74, 6) is 0.285. The SMILES string of the molecule is CCN1CCC(COC(=O)c2c[nH]c3ccccc23)CC1. The van der Waals surface area contributed by atoms with Gasteiger partial charge in [0.15, 0.2) is 0 Å². The van der Waals surface area contributed by atoms with Crippen molar-refractivity contribution in [2.75, 3.05) is 26.2 Å². The van der Waals surface area contributed by atoms with E-state index < -0.39 is 0 Å². The average Bonchev–Trinajstić information content (AvgIpc) is 2.97. The Kier molecular flexibility index (Phi) is 4.25. The lowest BCUT2D eigenvalue weighted by Crippen LogP contribution is -2.35. The van der Waals surface area contributed by atoms with E-state index in [1.807, 2.05) is 24.3 Å². The van der Waals surface area contributed by atoms with E-state index in [-0.39, 0.29) is 5.97 Å². The van der Waals surface area contributed by atoms with E-state index >= 15 is 0 Å². The molecule has 0 radical (unpaired) electrons. The summed E-state index contributed by atoms with van der Waals surface area (Å²) < 4.78 is 5.53. The van der Waals surface area contributed by atoms with Crippen molar-refractivity contribution in [2.45, 2.75) is 19.8 Å². The second kappa shape index (κ2) is 6.31. The maximum Gasteiger partial charge on any atom is 0.340 e. The molecule has 0 saturated carbocycles. The van der Waals surface area contributed by atoms with Crippen LogP contribution >= 0.6 is 0 Å². The number of fused-ring (bicyclic) bond motifs is 1. The van der Waals surface area contributed by atoms with E-state index in [0.29, 0.717) is 18.1 Å². The fraction of sp³-hybridized carbons (Fsp3) is 0.471. The van der Waals surface area contributed by atoms with Gasteiger partial charge in [0.05, 0.1) is 12.2 Å². The standard InChI is InChI=1S/C17H22N2O2/c1-2-19-9-7-13(8-10-19)12-21-17(20)15-11-18-16-6-4-3-5-14(15)16/h3-6,11,13,18H,2,7-10,12H2,1H3. The summed E-state index contributed by atoms with van der Waals surface area (Å²) in [4.78, 5) is 17.8. The van der Waals surface area contributed by atoms with Crippen molar-refractivity contribution < 1.29 is 9.53 Å². The first-order valence-corrected chi connectivity index (χ1v) is 7.73. The van der Waals surface area contributed by atoms with Gasteiger partial charge >= 0.3 is 5.97 Å². The smallest absolute Gasteiger partial charge is 0.340 e. The molecule has 1 aromatic carbocycles. The molecular weight excluding hydrogens is 264 g/mol. The van der Waals surface area contributed by atoms with E-state index in [0.717, 1.165) is 43.4 Å². The van der Waals surface area contributed by atoms with Gasteiger partial charge in [0, 0.05) is 17.1 Å². The Morgan fingerprint density at radius 1 is 1.33 bits per heavy atom. The Hall–Kier alpha value is -1.81. The van der Waals surface area contributed by atoms with E-state index in [2.05, 4.69) is 16.8 Å². The summed E-state index contributed by atoms with van der Waals surface area (Å²) in [5, 5.41) is 0.934. The zero-order valence-corrected chi connectivity index (χ0v) is 12.5. The Morgan fingerprint density at radius 2 is 2.10 bits per heavy atom. The van der Waals surface area contributed by atoms with E-state index in [1.165, 1.54) is 0 Å². The molecule has 4 nitrogen and oxygen atoms in total. The van der Waals surface area contributed by atoms with Gasteiger partial charge in [-0.1, -0.05) is 25.1 Å². The highest BCUT2D eigenvalue weighted by atomic mass is 16.5. The number of piperidine rings is 1. The summed E-state index contributed by atoms with van der Waals surface area (Å²) in [5.41, 5.74) is 1.61. The summed E-state index contributed by atoms with van der Waals surface area (Å²) in [7, 11) is 0. The van der Waals surface area contributed by atoms with Crippen molar-refractivity contribution in [3.8, 4) is 0 Å². The van der Waals surface area contributed by atoms with Crippen LogP contribution in [0.4, 0.5) is 0 Å². The number of hydrogen-bond acceptors (Lipinski definition) is 3. The molecular formula is C17H22N2O2. The molecule has 1 saturated heterocycles. The minimum absolute atomic E-state index is 0.217. The predicted octanol–water partition coefficient (Wildman–Crippen LogP) is 3.06. The monoisotopic (exact) mass is 286 g/mol. The van der Waals surface area contributed by atoms with Gasteiger partial charge in [-0.3, -0.25) is 0 Å². The number of H-pyrrole nitrogens is 1. The van der Waals surface area contributed by atoms with Gasteiger partial charge in [0.1, 0.15) is 0 Å². The third kappa shape index (κ3) is 3.10. The quantitative estimate of drug-likeness (QED) is 0.879. The predicted molar refractivity (Wildman–Crippen MR) is 83.4 cm³/mol. The number of carbonyl (C=O) groups excluding carboxylic acids is 1. The highest BCUT2D eigenvalue weighted by Gasteiger charge is 2.20. The van der Waals surface area contributed by atoms with Crippen molar-refractivity contribution in [3.05, 3.63) is 36.0 Å². The van der Waals surface area contributed by atoms with Crippen LogP contribution in [0.25, 0.3) is 10.9 Å². The molecule has 1 aromatic heterocycles. The molecule has 0 bridgehead atoms. The maximum atomic E-state index is 12.2. The van der Waals surface area contributed by atoms with Crippen LogP contribution in [0.5, 0.6) is 0 Å². The molecule has 1 N–H and O–H groups in total. The Morgan fingerprint density at radius 3 is 2.86 bits per heavy atom. The first-order valence-electron chi connectivity index (χ1n) is 7.73. The summed E-state index contributed by atoms with van der Waals surface area (Å²) >= 11 is 0. The van der Waals surface area contributed by atoms with E-state index in [4.69, 9.17) is 4.74 Å². The van der Waals surface area contributed by atoms with Crippen LogP contribution in [0.3, 0.4) is 0 Å². The lowest BCUT2D eigenvalue weighted by molar-refractivity contribution is 0.0377. The lowest BCUT2D eigenvalue weighted by atomic mass is 9.98. The number of aromatic nitrogens is 1. The normalized spacial score (nSPS) is 17.2. The van der Waals surface area contributed by atoms with Crippen LogP contribution in [0.15, 0.2) is 30.5 Å². The Balaban J connectivity index is 1.57. The molecule has 0 aliphatic carbocycles. The number of likely N-dealkylation sites (tertiary alicyclic amines) is 1. The second-order valence-corrected chi connectivity index (χ2v) is 5.72. The van der Waals surface area contributed by atoms with Crippen LogP contribution in [-0.4, -0.2) is 42.1 Å². The summed E-state index contributed by atoms with van der Waals surface area (Å²) in [6, 6.07) is 7.80. The largest absolute Gasteiger partial charge is 0.462 e. The van der Waals surface area contributed by atoms with Gasteiger partial charge in [-0.05, 0) is 44.5 Å². The van der Waals surface area contributed by atoms with Gasteiger partial charge in [-0.25, -0.2) is 4.79 Å². The molecule has 1 aliphatic rings. The van der Waals surface area contributed by atoms with Gasteiger partial charge in [-0.2, -0.15) is 0 Å². The van der Waals surface area contributed by atoms with Gasteiger partial charge in [0.25, 0.3) is 0 Å².